The molecule has 0 aliphatic heterocycles. The van der Waals surface area contributed by atoms with E-state index in [0.29, 0.717) is 34.9 Å². The van der Waals surface area contributed by atoms with Crippen LogP contribution >= 0.6 is 0 Å². The zero-order chi connectivity index (χ0) is 17.8. The fraction of sp³-hybridized carbons (Fsp3) is 0.150. The largest absolute Gasteiger partial charge is 0.455 e. The van der Waals surface area contributed by atoms with Gasteiger partial charge < -0.3 is 15.4 Å². The van der Waals surface area contributed by atoms with Gasteiger partial charge >= 0.3 is 0 Å². The average molecular weight is 346 g/mol. The molecule has 4 rings (SSSR count). The summed E-state index contributed by atoms with van der Waals surface area (Å²) in [4.78, 5) is 21.0. The van der Waals surface area contributed by atoms with Gasteiger partial charge in [-0.2, -0.15) is 0 Å². The Morgan fingerprint density at radius 1 is 1.00 bits per heavy atom. The summed E-state index contributed by atoms with van der Waals surface area (Å²) in [6, 6.07) is 18.7. The molecule has 1 aromatic heterocycles. The summed E-state index contributed by atoms with van der Waals surface area (Å²) >= 11 is 0. The van der Waals surface area contributed by atoms with Crippen LogP contribution in [0.5, 0.6) is 11.5 Å². The molecule has 2 aromatic carbocycles. The van der Waals surface area contributed by atoms with Gasteiger partial charge in [0.05, 0.1) is 5.69 Å². The lowest BCUT2D eigenvalue weighted by Crippen LogP contribution is -2.16. The second-order valence-corrected chi connectivity index (χ2v) is 6.05. The summed E-state index contributed by atoms with van der Waals surface area (Å²) < 4.78 is 5.87. The van der Waals surface area contributed by atoms with Crippen LogP contribution in [0.3, 0.4) is 0 Å². The molecule has 1 saturated carbocycles. The molecule has 6 nitrogen and oxygen atoms in total. The molecule has 0 spiro atoms. The highest BCUT2D eigenvalue weighted by molar-refractivity contribution is 6.03. The highest BCUT2D eigenvalue weighted by Gasteiger charge is 2.22. The van der Waals surface area contributed by atoms with E-state index in [1.807, 2.05) is 48.5 Å². The van der Waals surface area contributed by atoms with Crippen LogP contribution in [0.4, 0.5) is 11.6 Å². The van der Waals surface area contributed by atoms with Gasteiger partial charge in [0.15, 0.2) is 5.75 Å². The Bertz CT molecular complexity index is 910. The van der Waals surface area contributed by atoms with Crippen LogP contribution in [-0.4, -0.2) is 21.9 Å². The average Bonchev–Trinajstić information content (AvgIpc) is 3.48. The van der Waals surface area contributed by atoms with Gasteiger partial charge in [-0.3, -0.25) is 4.79 Å². The van der Waals surface area contributed by atoms with Crippen LogP contribution < -0.4 is 15.4 Å². The smallest absolute Gasteiger partial charge is 0.274 e. The molecule has 0 bridgehead atoms. The minimum Gasteiger partial charge on any atom is -0.455 e. The van der Waals surface area contributed by atoms with Gasteiger partial charge in [-0.25, -0.2) is 9.97 Å². The summed E-state index contributed by atoms with van der Waals surface area (Å²) in [5.74, 6) is 1.44. The van der Waals surface area contributed by atoms with Crippen molar-refractivity contribution in [2.45, 2.75) is 18.9 Å². The summed E-state index contributed by atoms with van der Waals surface area (Å²) in [6.07, 6.45) is 3.81. The first-order valence-corrected chi connectivity index (χ1v) is 8.51. The van der Waals surface area contributed by atoms with Gasteiger partial charge in [0.25, 0.3) is 5.91 Å². The van der Waals surface area contributed by atoms with Gasteiger partial charge in [-0.05, 0) is 43.2 Å². The van der Waals surface area contributed by atoms with Crippen LogP contribution in [0.2, 0.25) is 0 Å². The Labute approximate surface area is 151 Å². The Morgan fingerprint density at radius 3 is 2.58 bits per heavy atom. The molecule has 26 heavy (non-hydrogen) atoms. The first-order chi connectivity index (χ1) is 12.8. The van der Waals surface area contributed by atoms with Gasteiger partial charge in [0.1, 0.15) is 11.4 Å². The van der Waals surface area contributed by atoms with Crippen molar-refractivity contribution in [2.24, 2.45) is 0 Å². The third-order valence-corrected chi connectivity index (χ3v) is 3.91. The first kappa shape index (κ1) is 16.1. The molecule has 1 heterocycles. The van der Waals surface area contributed by atoms with E-state index in [9.17, 15) is 4.79 Å². The topological polar surface area (TPSA) is 76.1 Å². The van der Waals surface area contributed by atoms with Gasteiger partial charge in [0, 0.05) is 12.2 Å². The van der Waals surface area contributed by atoms with Crippen molar-refractivity contribution in [3.8, 4) is 11.5 Å². The molecule has 0 unspecified atom stereocenters. The molecule has 6 heteroatoms. The molecule has 2 N–H and O–H groups in total. The number of nitrogens with zero attached hydrogens (tertiary/aromatic N) is 2. The number of hydrogen-bond acceptors (Lipinski definition) is 5. The molecule has 0 atom stereocenters. The predicted molar refractivity (Wildman–Crippen MR) is 99.6 cm³/mol. The van der Waals surface area contributed by atoms with Crippen LogP contribution in [0, 0.1) is 0 Å². The number of carbonyl (C=O) groups excluding carboxylic acids is 1. The Morgan fingerprint density at radius 2 is 1.77 bits per heavy atom. The Balaban J connectivity index is 1.51. The first-order valence-electron chi connectivity index (χ1n) is 8.51. The molecule has 1 aliphatic carbocycles. The number of hydrogen-bond donors (Lipinski definition) is 2. The second kappa shape index (κ2) is 7.23. The number of aromatic nitrogens is 2. The van der Waals surface area contributed by atoms with Crippen LogP contribution in [0.15, 0.2) is 66.9 Å². The second-order valence-electron chi connectivity index (χ2n) is 6.05. The number of nitrogens with one attached hydrogen (secondary N) is 2. The summed E-state index contributed by atoms with van der Waals surface area (Å²) in [5.41, 5.74) is 0.884. The number of para-hydroxylation sites is 3. The molecule has 1 amide bonds. The van der Waals surface area contributed by atoms with E-state index in [2.05, 4.69) is 20.6 Å². The lowest BCUT2D eigenvalue weighted by atomic mass is 10.2. The van der Waals surface area contributed by atoms with Crippen molar-refractivity contribution >= 4 is 17.5 Å². The SMILES string of the molecule is O=C(Nc1ccccc1Oc1ccccc1)c1ccnc(NC2CC2)n1. The molecule has 1 aliphatic rings. The minimum absolute atomic E-state index is 0.303. The van der Waals surface area contributed by atoms with Crippen molar-refractivity contribution in [1.82, 2.24) is 9.97 Å². The number of amides is 1. The van der Waals surface area contributed by atoms with Crippen LogP contribution in [0.25, 0.3) is 0 Å². The van der Waals surface area contributed by atoms with E-state index < -0.39 is 0 Å². The summed E-state index contributed by atoms with van der Waals surface area (Å²) in [7, 11) is 0. The van der Waals surface area contributed by atoms with E-state index >= 15 is 0 Å². The molecule has 130 valence electrons. The maximum absolute atomic E-state index is 12.6. The van der Waals surface area contributed by atoms with Crippen LogP contribution in [-0.2, 0) is 0 Å². The van der Waals surface area contributed by atoms with E-state index in [4.69, 9.17) is 4.74 Å². The fourth-order valence-electron chi connectivity index (χ4n) is 2.43. The van der Waals surface area contributed by atoms with Gasteiger partial charge in [-0.15, -0.1) is 0 Å². The number of carbonyl (C=O) groups is 1. The maximum atomic E-state index is 12.6. The summed E-state index contributed by atoms with van der Waals surface area (Å²) in [5, 5.41) is 6.05. The standard InChI is InChI=1S/C20H18N4O2/c25-19(17-12-13-21-20(24-17)22-14-10-11-14)23-16-8-4-5-9-18(16)26-15-6-2-1-3-7-15/h1-9,12-14H,10-11H2,(H,23,25)(H,21,22,24). The van der Waals surface area contributed by atoms with Crippen molar-refractivity contribution in [2.75, 3.05) is 10.6 Å². The Hall–Kier alpha value is -3.41. The van der Waals surface area contributed by atoms with Crippen molar-refractivity contribution in [3.05, 3.63) is 72.6 Å². The monoisotopic (exact) mass is 346 g/mol. The number of rotatable bonds is 6. The van der Waals surface area contributed by atoms with E-state index in [-0.39, 0.29) is 5.91 Å². The molecule has 0 radical (unpaired) electrons. The lowest BCUT2D eigenvalue weighted by Gasteiger charge is -2.12. The van der Waals surface area contributed by atoms with Crippen molar-refractivity contribution in [1.29, 1.82) is 0 Å². The van der Waals surface area contributed by atoms with Crippen LogP contribution in [0.1, 0.15) is 23.3 Å². The number of anilines is 2. The van der Waals surface area contributed by atoms with Crippen molar-refractivity contribution in [3.63, 3.8) is 0 Å². The maximum Gasteiger partial charge on any atom is 0.274 e. The number of benzene rings is 2. The zero-order valence-corrected chi connectivity index (χ0v) is 14.1. The van der Waals surface area contributed by atoms with E-state index in [1.54, 1.807) is 18.3 Å². The van der Waals surface area contributed by atoms with Gasteiger partial charge in [0.2, 0.25) is 5.95 Å². The Kier molecular flexibility index (Phi) is 4.47. The van der Waals surface area contributed by atoms with E-state index in [0.717, 1.165) is 12.8 Å². The molecule has 1 fully saturated rings. The minimum atomic E-state index is -0.310. The van der Waals surface area contributed by atoms with Crippen molar-refractivity contribution < 1.29 is 9.53 Å². The normalized spacial score (nSPS) is 13.1. The number of ether oxygens (including phenoxy) is 1. The molecule has 3 aromatic rings. The van der Waals surface area contributed by atoms with Gasteiger partial charge in [-0.1, -0.05) is 30.3 Å². The highest BCUT2D eigenvalue weighted by atomic mass is 16.5. The molecule has 0 saturated heterocycles. The lowest BCUT2D eigenvalue weighted by molar-refractivity contribution is 0.102. The van der Waals surface area contributed by atoms with E-state index in [1.165, 1.54) is 0 Å². The highest BCUT2D eigenvalue weighted by Crippen LogP contribution is 2.29. The fourth-order valence-corrected chi connectivity index (χ4v) is 2.43. The third kappa shape index (κ3) is 3.97. The summed E-state index contributed by atoms with van der Waals surface area (Å²) in [6.45, 7) is 0. The molecular formula is C20H18N4O2. The predicted octanol–water partition coefficient (Wildman–Crippen LogP) is 4.10. The third-order valence-electron chi connectivity index (χ3n) is 3.91. The molecular weight excluding hydrogens is 328 g/mol. The quantitative estimate of drug-likeness (QED) is 0.703. The zero-order valence-electron chi connectivity index (χ0n) is 14.1.